The van der Waals surface area contributed by atoms with Gasteiger partial charge in [0.2, 0.25) is 0 Å². The lowest BCUT2D eigenvalue weighted by molar-refractivity contribution is 0.137. The zero-order valence-corrected chi connectivity index (χ0v) is 14.0. The number of aryl methyl sites for hydroxylation is 2. The molecule has 6 heteroatoms. The molecule has 0 radical (unpaired) electrons. The SMILES string of the molecule is CCCCc1ncc(CN2C[C@@H](Cc3cc(C)no3)[C@H](O)C2)[nH]1. The normalized spacial score (nSPS) is 22.0. The van der Waals surface area contributed by atoms with Gasteiger partial charge in [-0.2, -0.15) is 0 Å². The Labute approximate surface area is 136 Å². The third-order valence-corrected chi connectivity index (χ3v) is 4.46. The highest BCUT2D eigenvalue weighted by molar-refractivity contribution is 5.06. The van der Waals surface area contributed by atoms with Crippen molar-refractivity contribution in [2.45, 2.75) is 52.2 Å². The molecule has 1 fully saturated rings. The van der Waals surface area contributed by atoms with Crippen LogP contribution in [0, 0.1) is 12.8 Å². The van der Waals surface area contributed by atoms with E-state index in [1.807, 2.05) is 19.2 Å². The fourth-order valence-corrected chi connectivity index (χ4v) is 3.24. The predicted octanol–water partition coefficient (Wildman–Crippen LogP) is 2.08. The lowest BCUT2D eigenvalue weighted by atomic mass is 10.0. The number of imidazole rings is 1. The van der Waals surface area contributed by atoms with Gasteiger partial charge in [0.15, 0.2) is 0 Å². The van der Waals surface area contributed by atoms with E-state index in [0.717, 1.165) is 55.3 Å². The number of β-amino-alcohol motifs (C(OH)–C–C–N with tert-alkyl or cyclic N) is 1. The van der Waals surface area contributed by atoms with Gasteiger partial charge in [0.05, 0.1) is 11.8 Å². The van der Waals surface area contributed by atoms with Crippen molar-refractivity contribution in [2.75, 3.05) is 13.1 Å². The summed E-state index contributed by atoms with van der Waals surface area (Å²) in [6.07, 6.45) is 5.69. The van der Waals surface area contributed by atoms with Crippen LogP contribution in [0.4, 0.5) is 0 Å². The Morgan fingerprint density at radius 2 is 2.30 bits per heavy atom. The Hall–Kier alpha value is -1.66. The number of hydrogen-bond acceptors (Lipinski definition) is 5. The van der Waals surface area contributed by atoms with Crippen LogP contribution < -0.4 is 0 Å². The lowest BCUT2D eigenvalue weighted by Crippen LogP contribution is -2.21. The van der Waals surface area contributed by atoms with Crippen LogP contribution in [-0.4, -0.2) is 44.3 Å². The van der Waals surface area contributed by atoms with Gasteiger partial charge in [0.1, 0.15) is 11.6 Å². The number of hydrogen-bond donors (Lipinski definition) is 2. The average molecular weight is 318 g/mol. The van der Waals surface area contributed by atoms with Crippen LogP contribution in [0.15, 0.2) is 16.8 Å². The fraction of sp³-hybridized carbons (Fsp3) is 0.647. The molecule has 0 amide bonds. The van der Waals surface area contributed by atoms with Crippen molar-refractivity contribution in [3.63, 3.8) is 0 Å². The van der Waals surface area contributed by atoms with Gasteiger partial charge >= 0.3 is 0 Å². The van der Waals surface area contributed by atoms with Crippen LogP contribution in [0.2, 0.25) is 0 Å². The molecule has 6 nitrogen and oxygen atoms in total. The van der Waals surface area contributed by atoms with Crippen LogP contribution in [0.25, 0.3) is 0 Å². The molecule has 0 bridgehead atoms. The molecule has 0 spiro atoms. The summed E-state index contributed by atoms with van der Waals surface area (Å²) in [5.74, 6) is 2.12. The minimum absolute atomic E-state index is 0.199. The van der Waals surface area contributed by atoms with E-state index in [2.05, 4.69) is 26.9 Å². The highest BCUT2D eigenvalue weighted by Gasteiger charge is 2.32. The summed E-state index contributed by atoms with van der Waals surface area (Å²) in [6.45, 7) is 6.47. The van der Waals surface area contributed by atoms with E-state index in [-0.39, 0.29) is 12.0 Å². The second-order valence-electron chi connectivity index (χ2n) is 6.62. The summed E-state index contributed by atoms with van der Waals surface area (Å²) in [6, 6.07) is 1.95. The molecule has 2 aromatic heterocycles. The zero-order chi connectivity index (χ0) is 16.2. The Balaban J connectivity index is 1.52. The molecule has 2 atom stereocenters. The number of aromatic nitrogens is 3. The molecular weight excluding hydrogens is 292 g/mol. The first-order valence-electron chi connectivity index (χ1n) is 8.49. The van der Waals surface area contributed by atoms with Gasteiger partial charge in [0.25, 0.3) is 0 Å². The summed E-state index contributed by atoms with van der Waals surface area (Å²) in [5.41, 5.74) is 2.01. The van der Waals surface area contributed by atoms with Crippen molar-refractivity contribution in [1.29, 1.82) is 0 Å². The minimum atomic E-state index is -0.317. The average Bonchev–Trinajstić information content (AvgIpc) is 3.21. The second-order valence-corrected chi connectivity index (χ2v) is 6.62. The molecular formula is C17H26N4O2. The maximum Gasteiger partial charge on any atom is 0.137 e. The number of aliphatic hydroxyl groups is 1. The number of H-pyrrole nitrogens is 1. The van der Waals surface area contributed by atoms with Crippen LogP contribution in [0.1, 0.15) is 42.7 Å². The van der Waals surface area contributed by atoms with E-state index >= 15 is 0 Å². The fourth-order valence-electron chi connectivity index (χ4n) is 3.24. The predicted molar refractivity (Wildman–Crippen MR) is 86.9 cm³/mol. The molecule has 2 N–H and O–H groups in total. The maximum atomic E-state index is 10.3. The molecule has 0 saturated carbocycles. The van der Waals surface area contributed by atoms with Gasteiger partial charge in [0, 0.05) is 56.4 Å². The molecule has 1 aliphatic heterocycles. The van der Waals surface area contributed by atoms with E-state index in [1.165, 1.54) is 6.42 Å². The van der Waals surface area contributed by atoms with Crippen LogP contribution in [0.3, 0.4) is 0 Å². The number of aliphatic hydroxyl groups excluding tert-OH is 1. The highest BCUT2D eigenvalue weighted by atomic mass is 16.5. The van der Waals surface area contributed by atoms with E-state index < -0.39 is 0 Å². The molecule has 2 aromatic rings. The van der Waals surface area contributed by atoms with E-state index in [0.29, 0.717) is 6.54 Å². The van der Waals surface area contributed by atoms with Gasteiger partial charge in [-0.15, -0.1) is 0 Å². The maximum absolute atomic E-state index is 10.3. The molecule has 0 aromatic carbocycles. The Bertz CT molecular complexity index is 622. The number of nitrogens with zero attached hydrogens (tertiary/aromatic N) is 3. The Morgan fingerprint density at radius 1 is 1.43 bits per heavy atom. The lowest BCUT2D eigenvalue weighted by Gasteiger charge is -2.13. The van der Waals surface area contributed by atoms with Gasteiger partial charge < -0.3 is 14.6 Å². The number of unbranched alkanes of at least 4 members (excludes halogenated alkanes) is 1. The first-order chi connectivity index (χ1) is 11.1. The van der Waals surface area contributed by atoms with Gasteiger partial charge in [-0.1, -0.05) is 18.5 Å². The van der Waals surface area contributed by atoms with Crippen molar-refractivity contribution >= 4 is 0 Å². The van der Waals surface area contributed by atoms with E-state index in [1.54, 1.807) is 0 Å². The van der Waals surface area contributed by atoms with E-state index in [9.17, 15) is 5.11 Å². The third kappa shape index (κ3) is 4.20. The summed E-state index contributed by atoms with van der Waals surface area (Å²) in [4.78, 5) is 10.1. The summed E-state index contributed by atoms with van der Waals surface area (Å²) in [5, 5.41) is 14.2. The highest BCUT2D eigenvalue weighted by Crippen LogP contribution is 2.23. The van der Waals surface area contributed by atoms with Gasteiger partial charge in [-0.25, -0.2) is 4.98 Å². The minimum Gasteiger partial charge on any atom is -0.391 e. The Kier molecular flexibility index (Phi) is 5.13. The quantitative estimate of drug-likeness (QED) is 0.817. The van der Waals surface area contributed by atoms with Crippen molar-refractivity contribution in [3.8, 4) is 0 Å². The zero-order valence-electron chi connectivity index (χ0n) is 14.0. The van der Waals surface area contributed by atoms with Crippen molar-refractivity contribution in [1.82, 2.24) is 20.0 Å². The summed E-state index contributed by atoms with van der Waals surface area (Å²) < 4.78 is 5.27. The Morgan fingerprint density at radius 3 is 3.04 bits per heavy atom. The van der Waals surface area contributed by atoms with E-state index in [4.69, 9.17) is 4.52 Å². The van der Waals surface area contributed by atoms with Crippen molar-refractivity contribution in [3.05, 3.63) is 35.2 Å². The molecule has 0 aliphatic carbocycles. The van der Waals surface area contributed by atoms with Crippen LogP contribution in [0.5, 0.6) is 0 Å². The van der Waals surface area contributed by atoms with Crippen LogP contribution >= 0.6 is 0 Å². The molecule has 0 unspecified atom stereocenters. The topological polar surface area (TPSA) is 78.2 Å². The largest absolute Gasteiger partial charge is 0.391 e. The number of rotatable bonds is 7. The molecule has 126 valence electrons. The van der Waals surface area contributed by atoms with Crippen molar-refractivity contribution < 1.29 is 9.63 Å². The molecule has 3 heterocycles. The number of aromatic amines is 1. The number of nitrogens with one attached hydrogen (secondary N) is 1. The molecule has 3 rings (SSSR count). The van der Waals surface area contributed by atoms with Gasteiger partial charge in [-0.3, -0.25) is 4.90 Å². The summed E-state index contributed by atoms with van der Waals surface area (Å²) >= 11 is 0. The van der Waals surface area contributed by atoms with Crippen molar-refractivity contribution in [2.24, 2.45) is 5.92 Å². The smallest absolute Gasteiger partial charge is 0.137 e. The number of likely N-dealkylation sites (tertiary alicyclic amines) is 1. The second kappa shape index (κ2) is 7.27. The summed E-state index contributed by atoms with van der Waals surface area (Å²) in [7, 11) is 0. The van der Waals surface area contributed by atoms with Crippen LogP contribution in [-0.2, 0) is 19.4 Å². The third-order valence-electron chi connectivity index (χ3n) is 4.46. The first kappa shape index (κ1) is 16.2. The molecule has 1 aliphatic rings. The first-order valence-corrected chi connectivity index (χ1v) is 8.49. The molecule has 1 saturated heterocycles. The molecule has 23 heavy (non-hydrogen) atoms. The standard InChI is InChI=1S/C17H26N4O2/c1-3-4-5-17-18-8-14(19-17)10-21-9-13(16(22)11-21)7-15-6-12(2)20-23-15/h6,8,13,16,22H,3-5,7,9-11H2,1-2H3,(H,18,19)/t13-,16-/m1/s1. The monoisotopic (exact) mass is 318 g/mol. The van der Waals surface area contributed by atoms with Gasteiger partial charge in [-0.05, 0) is 13.3 Å².